The Morgan fingerprint density at radius 2 is 1.89 bits per heavy atom. The van der Waals surface area contributed by atoms with Crippen molar-refractivity contribution in [3.63, 3.8) is 0 Å². The minimum atomic E-state index is -3.26. The van der Waals surface area contributed by atoms with Gasteiger partial charge >= 0.3 is 0 Å². The zero-order valence-corrected chi connectivity index (χ0v) is 21.3. The van der Waals surface area contributed by atoms with E-state index in [-0.39, 0.29) is 17.9 Å². The number of sulfonamides is 1. The maximum absolute atomic E-state index is 13.9. The fraction of sp³-hybridized carbons (Fsp3) is 0.346. The predicted octanol–water partition coefficient (Wildman–Crippen LogP) is 3.40. The zero-order chi connectivity index (χ0) is 25.6. The molecule has 1 N–H and O–H groups in total. The molecular weight excluding hydrogens is 493 g/mol. The summed E-state index contributed by atoms with van der Waals surface area (Å²) in [6, 6.07) is 16.4. The molecule has 2 aliphatic rings. The van der Waals surface area contributed by atoms with Crippen LogP contribution in [0.2, 0.25) is 0 Å². The van der Waals surface area contributed by atoms with Crippen molar-refractivity contribution < 1.29 is 12.8 Å². The lowest BCUT2D eigenvalue weighted by Gasteiger charge is -2.26. The number of aromatic nitrogens is 4. The van der Waals surface area contributed by atoms with E-state index in [0.29, 0.717) is 12.2 Å². The summed E-state index contributed by atoms with van der Waals surface area (Å²) >= 11 is 0. The van der Waals surface area contributed by atoms with Crippen LogP contribution in [-0.2, 0) is 10.0 Å². The molecule has 0 aliphatic carbocycles. The Morgan fingerprint density at radius 3 is 2.73 bits per heavy atom. The molecule has 0 saturated carbocycles. The molecule has 2 unspecified atom stereocenters. The second kappa shape index (κ2) is 9.38. The van der Waals surface area contributed by atoms with Gasteiger partial charge in [-0.2, -0.15) is 0 Å². The molecule has 0 amide bonds. The van der Waals surface area contributed by atoms with Crippen LogP contribution < -0.4 is 14.5 Å². The lowest BCUT2D eigenvalue weighted by molar-refractivity contribution is 0.567. The summed E-state index contributed by atoms with van der Waals surface area (Å²) in [5.41, 5.74) is 3.17. The van der Waals surface area contributed by atoms with Crippen LogP contribution in [0.25, 0.3) is 17.0 Å². The van der Waals surface area contributed by atoms with Gasteiger partial charge in [-0.15, -0.1) is 5.10 Å². The third kappa shape index (κ3) is 4.88. The molecule has 2 saturated heterocycles. The average molecular weight is 522 g/mol. The monoisotopic (exact) mass is 521 g/mol. The van der Waals surface area contributed by atoms with Crippen LogP contribution >= 0.6 is 0 Å². The first-order valence-corrected chi connectivity index (χ1v) is 14.3. The van der Waals surface area contributed by atoms with E-state index in [2.05, 4.69) is 19.5 Å². The van der Waals surface area contributed by atoms with Gasteiger partial charge in [-0.3, -0.25) is 0 Å². The van der Waals surface area contributed by atoms with Crippen molar-refractivity contribution in [1.29, 1.82) is 0 Å². The van der Waals surface area contributed by atoms with Gasteiger partial charge < -0.3 is 9.80 Å². The van der Waals surface area contributed by atoms with E-state index < -0.39 is 10.0 Å². The highest BCUT2D eigenvalue weighted by atomic mass is 32.2. The number of hydrogen-bond donors (Lipinski definition) is 1. The van der Waals surface area contributed by atoms with Crippen molar-refractivity contribution in [1.82, 2.24) is 24.3 Å². The van der Waals surface area contributed by atoms with Gasteiger partial charge in [0.25, 0.3) is 0 Å². The summed E-state index contributed by atoms with van der Waals surface area (Å²) < 4.78 is 41.6. The Kier molecular flexibility index (Phi) is 6.04. The Morgan fingerprint density at radius 1 is 1.03 bits per heavy atom. The predicted molar refractivity (Wildman–Crippen MR) is 141 cm³/mol. The van der Waals surface area contributed by atoms with E-state index in [4.69, 9.17) is 10.1 Å². The minimum absolute atomic E-state index is 0.0673. The van der Waals surface area contributed by atoms with Gasteiger partial charge in [0, 0.05) is 25.7 Å². The first-order chi connectivity index (χ1) is 17.8. The van der Waals surface area contributed by atoms with Gasteiger partial charge in [-0.1, -0.05) is 18.2 Å². The van der Waals surface area contributed by atoms with E-state index in [1.165, 1.54) is 12.3 Å². The quantitative estimate of drug-likeness (QED) is 0.416. The van der Waals surface area contributed by atoms with E-state index in [1.54, 1.807) is 22.8 Å². The highest BCUT2D eigenvalue weighted by Gasteiger charge is 2.29. The van der Waals surface area contributed by atoms with Crippen LogP contribution in [0.1, 0.15) is 30.9 Å². The van der Waals surface area contributed by atoms with Gasteiger partial charge in [0.05, 0.1) is 24.2 Å². The fourth-order valence-corrected chi connectivity index (χ4v) is 6.20. The molecule has 2 fully saturated rings. The number of hydrogen-bond acceptors (Lipinski definition) is 7. The van der Waals surface area contributed by atoms with Crippen molar-refractivity contribution in [3.8, 4) is 11.4 Å². The molecule has 2 aliphatic heterocycles. The number of rotatable bonds is 6. The lowest BCUT2D eigenvalue weighted by atomic mass is 10.0. The van der Waals surface area contributed by atoms with E-state index in [0.717, 1.165) is 60.9 Å². The molecular formula is C26H28FN7O2S. The second-order valence-electron chi connectivity index (χ2n) is 9.71. The Balaban J connectivity index is 1.29. The van der Waals surface area contributed by atoms with E-state index in [9.17, 15) is 12.8 Å². The third-order valence-corrected chi connectivity index (χ3v) is 7.78. The van der Waals surface area contributed by atoms with Crippen LogP contribution in [0, 0.1) is 5.82 Å². The van der Waals surface area contributed by atoms with Crippen molar-refractivity contribution >= 4 is 27.3 Å². The molecule has 192 valence electrons. The van der Waals surface area contributed by atoms with Crippen LogP contribution in [0.3, 0.4) is 0 Å². The number of halogens is 1. The molecule has 6 rings (SSSR count). The molecule has 11 heteroatoms. The Labute approximate surface area is 215 Å². The van der Waals surface area contributed by atoms with Gasteiger partial charge in [-0.05, 0) is 61.2 Å². The van der Waals surface area contributed by atoms with E-state index >= 15 is 0 Å². The first kappa shape index (κ1) is 23.8. The van der Waals surface area contributed by atoms with Crippen LogP contribution in [0.4, 0.5) is 16.0 Å². The summed E-state index contributed by atoms with van der Waals surface area (Å²) in [5.74, 6) is 1.36. The minimum Gasteiger partial charge on any atom is -0.355 e. The maximum atomic E-state index is 13.9. The summed E-state index contributed by atoms with van der Waals surface area (Å²) in [6.45, 7) is 2.13. The van der Waals surface area contributed by atoms with Crippen LogP contribution in [0.15, 0.2) is 60.8 Å². The molecule has 3 aromatic heterocycles. The summed E-state index contributed by atoms with van der Waals surface area (Å²) in [7, 11) is -3.26. The number of benzene rings is 1. The van der Waals surface area contributed by atoms with Crippen LogP contribution in [0.5, 0.6) is 0 Å². The molecule has 5 heterocycles. The number of anilines is 2. The first-order valence-electron chi connectivity index (χ1n) is 12.4. The molecule has 0 bridgehead atoms. The normalized spacial score (nSPS) is 20.3. The summed E-state index contributed by atoms with van der Waals surface area (Å²) in [5, 5.41) is 4.93. The largest absolute Gasteiger partial charge is 0.355 e. The highest BCUT2D eigenvalue weighted by Crippen LogP contribution is 2.35. The van der Waals surface area contributed by atoms with Crippen molar-refractivity contribution in [2.75, 3.05) is 35.7 Å². The van der Waals surface area contributed by atoms with Gasteiger partial charge in [0.1, 0.15) is 23.1 Å². The zero-order valence-electron chi connectivity index (χ0n) is 20.5. The summed E-state index contributed by atoms with van der Waals surface area (Å²) in [4.78, 5) is 13.7. The van der Waals surface area contributed by atoms with E-state index in [1.807, 2.05) is 36.4 Å². The number of fused-ring (bicyclic) bond motifs is 1. The van der Waals surface area contributed by atoms with Crippen molar-refractivity contribution in [3.05, 3.63) is 72.2 Å². The Hall–Kier alpha value is -3.57. The fourth-order valence-electron chi connectivity index (χ4n) is 5.40. The highest BCUT2D eigenvalue weighted by molar-refractivity contribution is 7.88. The smallest absolute Gasteiger partial charge is 0.209 e. The molecule has 9 nitrogen and oxygen atoms in total. The number of nitrogens with one attached hydrogen (secondary N) is 1. The van der Waals surface area contributed by atoms with Gasteiger partial charge in [0.15, 0.2) is 5.65 Å². The second-order valence-corrected chi connectivity index (χ2v) is 11.5. The lowest BCUT2D eigenvalue weighted by Crippen LogP contribution is -2.36. The third-order valence-electron chi connectivity index (χ3n) is 7.02. The summed E-state index contributed by atoms with van der Waals surface area (Å²) in [6.07, 6.45) is 5.62. The van der Waals surface area contributed by atoms with Gasteiger partial charge in [0.2, 0.25) is 10.0 Å². The molecule has 37 heavy (non-hydrogen) atoms. The number of imidazole rings is 1. The molecule has 1 aromatic carbocycles. The maximum Gasteiger partial charge on any atom is 0.209 e. The average Bonchev–Trinajstić information content (AvgIpc) is 3.62. The SMILES string of the molecule is CS(=O)(=O)NC1CCN(c2cccc(-c3cnc4ccc(N5CCCC5c5cccc(F)c5)nn34)n2)C1. The molecule has 0 radical (unpaired) electrons. The number of pyridine rings is 1. The van der Waals surface area contributed by atoms with Crippen LogP contribution in [-0.4, -0.2) is 59.9 Å². The molecule has 4 aromatic rings. The van der Waals surface area contributed by atoms with Gasteiger partial charge in [-0.25, -0.2) is 32.0 Å². The van der Waals surface area contributed by atoms with Crippen molar-refractivity contribution in [2.24, 2.45) is 0 Å². The standard InChI is InChI=1S/C26H28FN7O2S/c1-37(35,36)31-20-12-14-32(17-20)25-9-3-7-21(29-25)23-16-28-24-10-11-26(30-34(23)24)33-13-4-8-22(33)18-5-2-6-19(27)15-18/h2-3,5-7,9-11,15-16,20,22,31H,4,8,12-14,17H2,1H3. The topological polar surface area (TPSA) is 95.7 Å². The number of nitrogens with zero attached hydrogens (tertiary/aromatic N) is 6. The Bertz CT molecular complexity index is 1560. The molecule has 0 spiro atoms. The molecule has 2 atom stereocenters. The van der Waals surface area contributed by atoms with Crippen molar-refractivity contribution in [2.45, 2.75) is 31.3 Å².